The van der Waals surface area contributed by atoms with Gasteiger partial charge in [0.2, 0.25) is 0 Å². The van der Waals surface area contributed by atoms with Gasteiger partial charge in [-0.15, -0.1) is 0 Å². The van der Waals surface area contributed by atoms with Crippen molar-refractivity contribution in [3.63, 3.8) is 0 Å². The lowest BCUT2D eigenvalue weighted by Crippen LogP contribution is -2.42. The predicted molar refractivity (Wildman–Crippen MR) is 120 cm³/mol. The molecule has 0 aromatic heterocycles. The maximum atomic E-state index is 9.19. The number of benzene rings is 2. The Bertz CT molecular complexity index is 855. The van der Waals surface area contributed by atoms with E-state index in [4.69, 9.17) is 23.2 Å². The van der Waals surface area contributed by atoms with Crippen LogP contribution in [0.3, 0.4) is 0 Å². The summed E-state index contributed by atoms with van der Waals surface area (Å²) in [7, 11) is 0. The molecule has 3 nitrogen and oxygen atoms in total. The third kappa shape index (κ3) is 6.01. The van der Waals surface area contributed by atoms with E-state index < -0.39 is 0 Å². The van der Waals surface area contributed by atoms with E-state index in [0.29, 0.717) is 17.1 Å². The van der Waals surface area contributed by atoms with Crippen LogP contribution >= 0.6 is 23.2 Å². The molecule has 0 bridgehead atoms. The molecule has 0 saturated heterocycles. The highest BCUT2D eigenvalue weighted by Gasteiger charge is 2.19. The number of hydrogen-bond donors (Lipinski definition) is 1. The highest BCUT2D eigenvalue weighted by atomic mass is 35.5. The molecule has 0 aliphatic heterocycles. The van der Waals surface area contributed by atoms with Gasteiger partial charge in [0.1, 0.15) is 6.07 Å². The van der Waals surface area contributed by atoms with Gasteiger partial charge in [-0.3, -0.25) is 0 Å². The fourth-order valence-corrected chi connectivity index (χ4v) is 3.44. The third-order valence-electron chi connectivity index (χ3n) is 4.89. The fourth-order valence-electron chi connectivity index (χ4n) is 3.03. The molecule has 2 aromatic carbocycles. The summed E-state index contributed by atoms with van der Waals surface area (Å²) in [4.78, 5) is 2.31. The van der Waals surface area contributed by atoms with Crippen LogP contribution in [0.2, 0.25) is 10.0 Å². The van der Waals surface area contributed by atoms with Gasteiger partial charge >= 0.3 is 0 Å². The molecule has 0 heterocycles. The molecule has 0 spiro atoms. The Morgan fingerprint density at radius 2 is 1.96 bits per heavy atom. The maximum absolute atomic E-state index is 9.19. The Hall–Kier alpha value is -1.99. The number of rotatable bonds is 9. The average Bonchev–Trinajstić information content (AvgIpc) is 2.71. The maximum Gasteiger partial charge on any atom is 0.101 e. The summed E-state index contributed by atoms with van der Waals surface area (Å²) in [5, 5.41) is 14.0. The average molecular weight is 416 g/mol. The van der Waals surface area contributed by atoms with E-state index >= 15 is 0 Å². The van der Waals surface area contributed by atoms with Gasteiger partial charge in [0, 0.05) is 36.4 Å². The lowest BCUT2D eigenvalue weighted by Gasteiger charge is -2.34. The van der Waals surface area contributed by atoms with Crippen molar-refractivity contribution >= 4 is 28.9 Å². The smallest absolute Gasteiger partial charge is 0.101 e. The largest absolute Gasteiger partial charge is 0.363 e. The van der Waals surface area contributed by atoms with E-state index in [1.165, 1.54) is 5.57 Å². The van der Waals surface area contributed by atoms with Gasteiger partial charge in [0.25, 0.3) is 0 Å². The number of halogens is 2. The molecule has 0 aliphatic carbocycles. The molecule has 148 valence electrons. The standard InChI is InChI=1S/C23H27Cl2N3/c1-4-17(3)14-27-15-20(5-2)28(16-19-8-6-7-9-22(19)24)21-11-10-18(13-26)23(25)12-21/h4,6-12,20,27H,5,14-16H2,1-3H3/b17-4+. The summed E-state index contributed by atoms with van der Waals surface area (Å²) < 4.78 is 0. The van der Waals surface area contributed by atoms with Crippen LogP contribution in [-0.2, 0) is 6.54 Å². The summed E-state index contributed by atoms with van der Waals surface area (Å²) in [6.07, 6.45) is 3.08. The molecule has 0 radical (unpaired) electrons. The molecule has 0 saturated carbocycles. The number of nitrogens with one attached hydrogen (secondary N) is 1. The molecule has 5 heteroatoms. The molecule has 28 heavy (non-hydrogen) atoms. The summed E-state index contributed by atoms with van der Waals surface area (Å²) >= 11 is 12.8. The van der Waals surface area contributed by atoms with E-state index in [2.05, 4.69) is 43.1 Å². The zero-order chi connectivity index (χ0) is 20.5. The topological polar surface area (TPSA) is 39.1 Å². The van der Waals surface area contributed by atoms with Crippen molar-refractivity contribution in [1.29, 1.82) is 5.26 Å². The Labute approximate surface area is 178 Å². The van der Waals surface area contributed by atoms with Crippen LogP contribution in [0.1, 0.15) is 38.3 Å². The van der Waals surface area contributed by atoms with Gasteiger partial charge in [-0.2, -0.15) is 5.26 Å². The predicted octanol–water partition coefficient (Wildman–Crippen LogP) is 6.21. The second-order valence-electron chi connectivity index (χ2n) is 6.82. The molecule has 2 aromatic rings. The zero-order valence-electron chi connectivity index (χ0n) is 16.7. The van der Waals surface area contributed by atoms with Crippen LogP contribution in [-0.4, -0.2) is 19.1 Å². The molecule has 1 unspecified atom stereocenters. The minimum absolute atomic E-state index is 0.255. The van der Waals surface area contributed by atoms with Crippen LogP contribution in [0.4, 0.5) is 5.69 Å². The van der Waals surface area contributed by atoms with Gasteiger partial charge < -0.3 is 10.2 Å². The molecule has 0 aliphatic rings. The first-order valence-electron chi connectivity index (χ1n) is 9.52. The number of hydrogen-bond acceptors (Lipinski definition) is 3. The SMILES string of the molecule is C/C=C(\C)CNCC(CC)N(Cc1ccccc1Cl)c1ccc(C#N)c(Cl)c1. The Morgan fingerprint density at radius 3 is 2.57 bits per heavy atom. The third-order valence-corrected chi connectivity index (χ3v) is 5.57. The molecular weight excluding hydrogens is 389 g/mol. The molecule has 0 amide bonds. The van der Waals surface area contributed by atoms with Crippen molar-refractivity contribution in [2.45, 2.75) is 39.8 Å². The second kappa shape index (κ2) is 11.1. The van der Waals surface area contributed by atoms with Gasteiger partial charge in [0.05, 0.1) is 10.6 Å². The number of allylic oxidation sites excluding steroid dienone is 1. The zero-order valence-corrected chi connectivity index (χ0v) is 18.2. The van der Waals surface area contributed by atoms with Crippen molar-refractivity contribution in [3.8, 4) is 6.07 Å². The Morgan fingerprint density at radius 1 is 1.21 bits per heavy atom. The first kappa shape index (κ1) is 22.3. The first-order chi connectivity index (χ1) is 13.5. The summed E-state index contributed by atoms with van der Waals surface area (Å²) in [5.41, 5.74) is 3.85. The molecular formula is C23H27Cl2N3. The van der Waals surface area contributed by atoms with Crippen LogP contribution in [0.25, 0.3) is 0 Å². The lowest BCUT2D eigenvalue weighted by molar-refractivity contribution is 0.528. The summed E-state index contributed by atoms with van der Waals surface area (Å²) in [6.45, 7) is 8.72. The first-order valence-corrected chi connectivity index (χ1v) is 10.3. The van der Waals surface area contributed by atoms with Crippen LogP contribution in [0.15, 0.2) is 54.1 Å². The highest BCUT2D eigenvalue weighted by Crippen LogP contribution is 2.28. The molecule has 2 rings (SSSR count). The van der Waals surface area contributed by atoms with Crippen molar-refractivity contribution in [2.75, 3.05) is 18.0 Å². The van der Waals surface area contributed by atoms with E-state index in [-0.39, 0.29) is 6.04 Å². The normalized spacial score (nSPS) is 12.5. The van der Waals surface area contributed by atoms with Gasteiger partial charge in [-0.25, -0.2) is 0 Å². The fraction of sp³-hybridized carbons (Fsp3) is 0.348. The van der Waals surface area contributed by atoms with Crippen molar-refractivity contribution < 1.29 is 0 Å². The number of anilines is 1. The number of nitriles is 1. The number of nitrogens with zero attached hydrogens (tertiary/aromatic N) is 2. The quantitative estimate of drug-likeness (QED) is 0.494. The van der Waals surface area contributed by atoms with E-state index in [9.17, 15) is 5.26 Å². The van der Waals surface area contributed by atoms with Crippen LogP contribution in [0.5, 0.6) is 0 Å². The monoisotopic (exact) mass is 415 g/mol. The summed E-state index contributed by atoms with van der Waals surface area (Å²) in [5.74, 6) is 0. The van der Waals surface area contributed by atoms with Gasteiger partial charge in [-0.05, 0) is 50.1 Å². The highest BCUT2D eigenvalue weighted by molar-refractivity contribution is 6.32. The minimum atomic E-state index is 0.255. The molecule has 0 fully saturated rings. The van der Waals surface area contributed by atoms with E-state index in [0.717, 1.165) is 35.8 Å². The van der Waals surface area contributed by atoms with Crippen molar-refractivity contribution in [2.24, 2.45) is 0 Å². The lowest BCUT2D eigenvalue weighted by atomic mass is 10.1. The molecule has 1 N–H and O–H groups in total. The van der Waals surface area contributed by atoms with Gasteiger partial charge in [-0.1, -0.05) is 60.0 Å². The van der Waals surface area contributed by atoms with Crippen molar-refractivity contribution in [1.82, 2.24) is 5.32 Å². The molecule has 1 atom stereocenters. The Kier molecular flexibility index (Phi) is 8.86. The van der Waals surface area contributed by atoms with Crippen LogP contribution in [0, 0.1) is 11.3 Å². The second-order valence-corrected chi connectivity index (χ2v) is 7.64. The van der Waals surface area contributed by atoms with Crippen LogP contribution < -0.4 is 10.2 Å². The van der Waals surface area contributed by atoms with Crippen molar-refractivity contribution in [3.05, 3.63) is 75.3 Å². The summed E-state index contributed by atoms with van der Waals surface area (Å²) in [6, 6.07) is 15.9. The van der Waals surface area contributed by atoms with E-state index in [1.807, 2.05) is 36.4 Å². The minimum Gasteiger partial charge on any atom is -0.363 e. The van der Waals surface area contributed by atoms with Gasteiger partial charge in [0.15, 0.2) is 0 Å². The van der Waals surface area contributed by atoms with E-state index in [1.54, 1.807) is 6.07 Å². The Balaban J connectivity index is 2.32.